The molecule has 0 bridgehead atoms. The maximum atomic E-state index is 12.2. The molecule has 0 heterocycles. The molecule has 0 atom stereocenters. The van der Waals surface area contributed by atoms with E-state index in [1.165, 1.54) is 19.3 Å². The molecule has 27 heavy (non-hydrogen) atoms. The number of hydrogen-bond acceptors (Lipinski definition) is 5. The van der Waals surface area contributed by atoms with Gasteiger partial charge in [-0.05, 0) is 56.4 Å². The fraction of sp³-hybridized carbons (Fsp3) is 0.429. The molecule has 0 aliphatic heterocycles. The van der Waals surface area contributed by atoms with Gasteiger partial charge >= 0.3 is 5.97 Å². The van der Waals surface area contributed by atoms with Gasteiger partial charge in [-0.2, -0.15) is 0 Å². The van der Waals surface area contributed by atoms with Gasteiger partial charge in [0.15, 0.2) is 11.5 Å². The zero-order chi connectivity index (χ0) is 19.9. The molecule has 0 aromatic heterocycles. The molecule has 1 saturated carbocycles. The third-order valence-corrected chi connectivity index (χ3v) is 4.89. The second kappa shape index (κ2) is 9.26. The van der Waals surface area contributed by atoms with Crippen molar-refractivity contribution in [2.75, 3.05) is 13.7 Å². The third-order valence-electron chi connectivity index (χ3n) is 4.89. The van der Waals surface area contributed by atoms with Gasteiger partial charge < -0.3 is 19.9 Å². The number of ether oxygens (including phenoxy) is 2. The summed E-state index contributed by atoms with van der Waals surface area (Å²) >= 11 is 0. The zero-order valence-corrected chi connectivity index (χ0v) is 15.9. The molecule has 2 rings (SSSR count). The Hall–Kier alpha value is -2.76. The van der Waals surface area contributed by atoms with Crippen LogP contribution in [0.5, 0.6) is 11.5 Å². The van der Waals surface area contributed by atoms with E-state index in [0.29, 0.717) is 18.6 Å². The summed E-state index contributed by atoms with van der Waals surface area (Å²) in [6, 6.07) is 4.91. The lowest BCUT2D eigenvalue weighted by Crippen LogP contribution is -2.42. The molecule has 0 unspecified atom stereocenters. The van der Waals surface area contributed by atoms with Gasteiger partial charge in [0, 0.05) is 12.1 Å². The number of amides is 1. The molecule has 1 aliphatic carbocycles. The van der Waals surface area contributed by atoms with Crippen molar-refractivity contribution in [1.29, 1.82) is 0 Å². The molecule has 0 spiro atoms. The lowest BCUT2D eigenvalue weighted by Gasteiger charge is -2.35. The molecule has 2 N–H and O–H groups in total. The number of methoxy groups -OCH3 is 1. The number of phenolic OH excluding ortho intramolecular Hbond substituents is 1. The highest BCUT2D eigenvalue weighted by atomic mass is 16.5. The summed E-state index contributed by atoms with van der Waals surface area (Å²) in [6.45, 7) is 5.68. The summed E-state index contributed by atoms with van der Waals surface area (Å²) in [5.74, 6) is 0.0154. The molecular formula is C21H27NO5. The van der Waals surface area contributed by atoms with Crippen LogP contribution in [0.25, 0.3) is 6.08 Å². The van der Waals surface area contributed by atoms with E-state index in [2.05, 4.69) is 11.9 Å². The first-order valence-corrected chi connectivity index (χ1v) is 9.01. The van der Waals surface area contributed by atoms with Gasteiger partial charge in [-0.15, -0.1) is 0 Å². The lowest BCUT2D eigenvalue weighted by atomic mass is 9.74. The summed E-state index contributed by atoms with van der Waals surface area (Å²) in [4.78, 5) is 24.3. The van der Waals surface area contributed by atoms with Crippen LogP contribution < -0.4 is 10.1 Å². The Labute approximate surface area is 159 Å². The van der Waals surface area contributed by atoms with Gasteiger partial charge in [0.1, 0.15) is 6.61 Å². The monoisotopic (exact) mass is 373 g/mol. The Balaban J connectivity index is 1.85. The lowest BCUT2D eigenvalue weighted by molar-refractivity contribution is -0.155. The summed E-state index contributed by atoms with van der Waals surface area (Å²) < 4.78 is 10.2. The van der Waals surface area contributed by atoms with E-state index in [1.807, 2.05) is 6.92 Å². The van der Waals surface area contributed by atoms with Crippen molar-refractivity contribution in [3.63, 3.8) is 0 Å². The van der Waals surface area contributed by atoms with Gasteiger partial charge in [0.2, 0.25) is 5.91 Å². The van der Waals surface area contributed by atoms with Crippen molar-refractivity contribution in [3.05, 3.63) is 42.5 Å². The van der Waals surface area contributed by atoms with Crippen molar-refractivity contribution in [2.24, 2.45) is 5.41 Å². The van der Waals surface area contributed by atoms with E-state index in [1.54, 1.807) is 24.3 Å². The van der Waals surface area contributed by atoms with E-state index in [4.69, 9.17) is 9.47 Å². The van der Waals surface area contributed by atoms with Crippen molar-refractivity contribution < 1.29 is 24.2 Å². The summed E-state index contributed by atoms with van der Waals surface area (Å²) in [5.41, 5.74) is 0.254. The van der Waals surface area contributed by atoms with Crippen molar-refractivity contribution in [1.82, 2.24) is 5.32 Å². The second-order valence-corrected chi connectivity index (χ2v) is 7.00. The largest absolute Gasteiger partial charge is 0.504 e. The third kappa shape index (κ3) is 5.61. The fourth-order valence-electron chi connectivity index (χ4n) is 3.13. The molecule has 6 nitrogen and oxygen atoms in total. The van der Waals surface area contributed by atoms with Gasteiger partial charge in [-0.3, -0.25) is 9.59 Å². The normalized spacial score (nSPS) is 22.2. The van der Waals surface area contributed by atoms with E-state index in [9.17, 15) is 14.7 Å². The Bertz CT molecular complexity index is 717. The predicted octanol–water partition coefficient (Wildman–Crippen LogP) is 3.21. The van der Waals surface area contributed by atoms with Crippen LogP contribution in [0.3, 0.4) is 0 Å². The Morgan fingerprint density at radius 3 is 2.70 bits per heavy atom. The Morgan fingerprint density at radius 1 is 1.37 bits per heavy atom. The highest BCUT2D eigenvalue weighted by Crippen LogP contribution is 2.37. The molecule has 0 saturated heterocycles. The van der Waals surface area contributed by atoms with Crippen LogP contribution in [0, 0.1) is 5.41 Å². The zero-order valence-electron chi connectivity index (χ0n) is 15.9. The van der Waals surface area contributed by atoms with Crippen LogP contribution in [0.15, 0.2) is 36.9 Å². The molecule has 1 aliphatic rings. The minimum atomic E-state index is -0.497. The molecule has 1 aromatic rings. The number of hydrogen-bond donors (Lipinski definition) is 2. The molecule has 6 heteroatoms. The minimum absolute atomic E-state index is 0.0387. The van der Waals surface area contributed by atoms with E-state index < -0.39 is 5.41 Å². The topological polar surface area (TPSA) is 84.9 Å². The first-order valence-electron chi connectivity index (χ1n) is 9.01. The van der Waals surface area contributed by atoms with Crippen LogP contribution in [-0.2, 0) is 14.3 Å². The molecule has 1 amide bonds. The number of aromatic hydroxyl groups is 1. The van der Waals surface area contributed by atoms with Crippen LogP contribution in [0.2, 0.25) is 0 Å². The van der Waals surface area contributed by atoms with Crippen LogP contribution >= 0.6 is 0 Å². The maximum absolute atomic E-state index is 12.2. The van der Waals surface area contributed by atoms with Crippen LogP contribution in [-0.4, -0.2) is 36.7 Å². The number of carbonyl (C=O) groups excluding carboxylic acids is 2. The summed E-state index contributed by atoms with van der Waals surface area (Å²) in [5, 5.41) is 12.6. The van der Waals surface area contributed by atoms with Crippen molar-refractivity contribution in [2.45, 2.75) is 38.6 Å². The standard InChI is InChI=1S/C21H27NO5/c1-4-13-27-20(25)21(2)11-9-16(10-12-21)22-19(24)8-6-15-5-7-17(23)18(14-15)26-3/h4-8,14,16,23H,1,9-13H2,2-3H3,(H,22,24)/b8-6+. The highest BCUT2D eigenvalue weighted by Gasteiger charge is 2.38. The van der Waals surface area contributed by atoms with Crippen LogP contribution in [0.1, 0.15) is 38.2 Å². The second-order valence-electron chi connectivity index (χ2n) is 7.00. The van der Waals surface area contributed by atoms with Gasteiger partial charge in [0.05, 0.1) is 12.5 Å². The fourth-order valence-corrected chi connectivity index (χ4v) is 3.13. The smallest absolute Gasteiger partial charge is 0.312 e. The predicted molar refractivity (Wildman–Crippen MR) is 103 cm³/mol. The summed E-state index contributed by atoms with van der Waals surface area (Å²) in [7, 11) is 1.47. The number of benzene rings is 1. The number of nitrogens with one attached hydrogen (secondary N) is 1. The SMILES string of the molecule is C=CCOC(=O)C1(C)CCC(NC(=O)/C=C/c2ccc(O)c(OC)c2)CC1. The van der Waals surface area contributed by atoms with Crippen molar-refractivity contribution >= 4 is 18.0 Å². The van der Waals surface area contributed by atoms with Gasteiger partial charge in [-0.1, -0.05) is 18.7 Å². The average molecular weight is 373 g/mol. The maximum Gasteiger partial charge on any atom is 0.312 e. The number of esters is 1. The summed E-state index contributed by atoms with van der Waals surface area (Å²) in [6.07, 6.45) is 7.48. The van der Waals surface area contributed by atoms with E-state index >= 15 is 0 Å². The molecular weight excluding hydrogens is 346 g/mol. The molecule has 0 radical (unpaired) electrons. The van der Waals surface area contributed by atoms with E-state index in [-0.39, 0.29) is 30.3 Å². The average Bonchev–Trinajstić information content (AvgIpc) is 2.67. The first kappa shape index (κ1) is 20.6. The van der Waals surface area contributed by atoms with E-state index in [0.717, 1.165) is 18.4 Å². The van der Waals surface area contributed by atoms with Gasteiger partial charge in [-0.25, -0.2) is 0 Å². The number of carbonyl (C=O) groups is 2. The molecule has 1 aromatic carbocycles. The van der Waals surface area contributed by atoms with Gasteiger partial charge in [0.25, 0.3) is 0 Å². The first-order chi connectivity index (χ1) is 12.9. The molecule has 146 valence electrons. The quantitative estimate of drug-likeness (QED) is 0.435. The Morgan fingerprint density at radius 2 is 2.07 bits per heavy atom. The highest BCUT2D eigenvalue weighted by molar-refractivity contribution is 5.92. The number of phenols is 1. The van der Waals surface area contributed by atoms with Crippen LogP contribution in [0.4, 0.5) is 0 Å². The van der Waals surface area contributed by atoms with Crippen molar-refractivity contribution in [3.8, 4) is 11.5 Å². The minimum Gasteiger partial charge on any atom is -0.504 e. The number of rotatable bonds is 7. The Kier molecular flexibility index (Phi) is 7.05. The molecule has 1 fully saturated rings.